The van der Waals surface area contributed by atoms with Crippen LogP contribution in [0.4, 0.5) is 0 Å². The van der Waals surface area contributed by atoms with Crippen LogP contribution in [0.1, 0.15) is 149 Å². The highest BCUT2D eigenvalue weighted by Crippen LogP contribution is 2.13. The van der Waals surface area contributed by atoms with Crippen LogP contribution >= 0.6 is 0 Å². The number of unbranched alkanes of at least 4 members (excludes halogenated alkanes) is 14. The van der Waals surface area contributed by atoms with Crippen molar-refractivity contribution in [2.24, 2.45) is 0 Å². The molecule has 4 nitrogen and oxygen atoms in total. The summed E-state index contributed by atoms with van der Waals surface area (Å²) in [6, 6.07) is 0. The zero-order valence-corrected chi connectivity index (χ0v) is 21.1. The normalized spacial score (nSPS) is 12.0. The first-order chi connectivity index (χ1) is 15.1. The molecule has 0 aliphatic carbocycles. The Kier molecular flexibility index (Phi) is 22.8. The van der Waals surface area contributed by atoms with Crippen molar-refractivity contribution in [3.63, 3.8) is 0 Å². The lowest BCUT2D eigenvalue weighted by Crippen LogP contribution is -2.14. The molecule has 0 heterocycles. The van der Waals surface area contributed by atoms with E-state index in [0.717, 1.165) is 44.9 Å². The quantitative estimate of drug-likeness (QED) is 0.118. The number of carbonyl (C=O) groups is 2. The Morgan fingerprint density at radius 1 is 0.581 bits per heavy atom. The molecule has 0 spiro atoms. The minimum absolute atomic E-state index is 0.0117. The topological polar surface area (TPSA) is 52.6 Å². The van der Waals surface area contributed by atoms with Crippen molar-refractivity contribution < 1.29 is 19.1 Å². The minimum Gasteiger partial charge on any atom is -0.466 e. The van der Waals surface area contributed by atoms with Crippen LogP contribution in [0.3, 0.4) is 0 Å². The fourth-order valence-electron chi connectivity index (χ4n) is 3.84. The Labute approximate surface area is 193 Å². The number of carbonyl (C=O) groups excluding carboxylic acids is 2. The first-order valence-corrected chi connectivity index (χ1v) is 13.4. The zero-order valence-electron chi connectivity index (χ0n) is 21.1. The summed E-state index contributed by atoms with van der Waals surface area (Å²) in [4.78, 5) is 23.4. The van der Waals surface area contributed by atoms with Crippen LogP contribution in [0.15, 0.2) is 0 Å². The lowest BCUT2D eigenvalue weighted by Gasteiger charge is -2.11. The van der Waals surface area contributed by atoms with E-state index in [1.165, 1.54) is 70.6 Å². The number of rotatable bonds is 23. The third kappa shape index (κ3) is 23.4. The maximum Gasteiger partial charge on any atom is 0.306 e. The van der Waals surface area contributed by atoms with Gasteiger partial charge in [0.1, 0.15) is 0 Å². The smallest absolute Gasteiger partial charge is 0.306 e. The second-order valence-electron chi connectivity index (χ2n) is 9.11. The van der Waals surface area contributed by atoms with E-state index in [-0.39, 0.29) is 18.0 Å². The van der Waals surface area contributed by atoms with Crippen LogP contribution in [0.25, 0.3) is 0 Å². The van der Waals surface area contributed by atoms with E-state index < -0.39 is 0 Å². The SMILES string of the molecule is CCCCCCCCCCCCCCCOC(=O)CCCCCC(=O)OC(C)CCC. The largest absolute Gasteiger partial charge is 0.466 e. The van der Waals surface area contributed by atoms with Gasteiger partial charge < -0.3 is 9.47 Å². The van der Waals surface area contributed by atoms with Crippen molar-refractivity contribution >= 4 is 11.9 Å². The first kappa shape index (κ1) is 29.9. The maximum atomic E-state index is 11.8. The molecule has 0 aliphatic heterocycles. The Morgan fingerprint density at radius 3 is 1.55 bits per heavy atom. The zero-order chi connectivity index (χ0) is 23.0. The van der Waals surface area contributed by atoms with Gasteiger partial charge in [0.15, 0.2) is 0 Å². The minimum atomic E-state index is -0.120. The van der Waals surface area contributed by atoms with E-state index in [2.05, 4.69) is 13.8 Å². The second kappa shape index (κ2) is 23.6. The van der Waals surface area contributed by atoms with Gasteiger partial charge in [-0.15, -0.1) is 0 Å². The molecule has 0 fully saturated rings. The first-order valence-electron chi connectivity index (χ1n) is 13.4. The highest BCUT2D eigenvalue weighted by molar-refractivity contribution is 5.70. The van der Waals surface area contributed by atoms with Gasteiger partial charge >= 0.3 is 11.9 Å². The van der Waals surface area contributed by atoms with Crippen molar-refractivity contribution in [1.82, 2.24) is 0 Å². The molecule has 4 heteroatoms. The summed E-state index contributed by atoms with van der Waals surface area (Å²) in [5.41, 5.74) is 0. The molecule has 0 saturated heterocycles. The third-order valence-corrected chi connectivity index (χ3v) is 5.80. The molecule has 0 bridgehead atoms. The molecule has 0 aliphatic rings. The molecule has 31 heavy (non-hydrogen) atoms. The molecule has 0 aromatic carbocycles. The Morgan fingerprint density at radius 2 is 1.03 bits per heavy atom. The van der Waals surface area contributed by atoms with Gasteiger partial charge in [0.05, 0.1) is 12.7 Å². The summed E-state index contributed by atoms with van der Waals surface area (Å²) >= 11 is 0. The number of esters is 2. The van der Waals surface area contributed by atoms with Crippen LogP contribution in [0, 0.1) is 0 Å². The lowest BCUT2D eigenvalue weighted by atomic mass is 10.0. The van der Waals surface area contributed by atoms with Gasteiger partial charge in [-0.05, 0) is 32.6 Å². The highest BCUT2D eigenvalue weighted by Gasteiger charge is 2.09. The molecule has 1 unspecified atom stereocenters. The summed E-state index contributed by atoms with van der Waals surface area (Å²) in [6.45, 7) is 6.85. The molecule has 0 saturated carbocycles. The number of hydrogen-bond acceptors (Lipinski definition) is 4. The summed E-state index contributed by atoms with van der Waals surface area (Å²) in [5, 5.41) is 0. The second-order valence-corrected chi connectivity index (χ2v) is 9.11. The van der Waals surface area contributed by atoms with Gasteiger partial charge in [0.2, 0.25) is 0 Å². The van der Waals surface area contributed by atoms with Crippen molar-refractivity contribution in [2.75, 3.05) is 6.61 Å². The summed E-state index contributed by atoms with van der Waals surface area (Å²) in [6.07, 6.45) is 22.5. The average molecular weight is 441 g/mol. The van der Waals surface area contributed by atoms with Crippen molar-refractivity contribution in [3.05, 3.63) is 0 Å². The lowest BCUT2D eigenvalue weighted by molar-refractivity contribution is -0.148. The van der Waals surface area contributed by atoms with E-state index in [1.807, 2.05) is 6.92 Å². The Hall–Kier alpha value is -1.06. The molecular weight excluding hydrogens is 388 g/mol. The predicted octanol–water partition coefficient (Wildman–Crippen LogP) is 8.30. The fraction of sp³-hybridized carbons (Fsp3) is 0.926. The molecule has 0 rings (SSSR count). The number of ether oxygens (including phenoxy) is 2. The maximum absolute atomic E-state index is 11.8. The van der Waals surface area contributed by atoms with Gasteiger partial charge in [-0.2, -0.15) is 0 Å². The van der Waals surface area contributed by atoms with E-state index in [0.29, 0.717) is 19.4 Å². The molecular formula is C27H52O4. The van der Waals surface area contributed by atoms with Crippen LogP contribution < -0.4 is 0 Å². The highest BCUT2D eigenvalue weighted by atomic mass is 16.5. The molecule has 0 radical (unpaired) electrons. The monoisotopic (exact) mass is 440 g/mol. The Balaban J connectivity index is 3.29. The molecule has 1 atom stereocenters. The summed E-state index contributed by atoms with van der Waals surface area (Å²) < 4.78 is 10.6. The molecule has 0 amide bonds. The molecule has 0 aromatic heterocycles. The van der Waals surface area contributed by atoms with Crippen molar-refractivity contribution in [1.29, 1.82) is 0 Å². The fourth-order valence-corrected chi connectivity index (χ4v) is 3.84. The van der Waals surface area contributed by atoms with E-state index in [1.54, 1.807) is 0 Å². The standard InChI is InChI=1S/C27H52O4/c1-4-6-7-8-9-10-11-12-13-14-15-16-20-24-30-26(28)22-18-17-19-23-27(29)31-25(3)21-5-2/h25H,4-24H2,1-3H3. The van der Waals surface area contributed by atoms with Gasteiger partial charge in [-0.1, -0.05) is 104 Å². The van der Waals surface area contributed by atoms with Gasteiger partial charge in [-0.3, -0.25) is 9.59 Å². The van der Waals surface area contributed by atoms with Gasteiger partial charge in [0, 0.05) is 12.8 Å². The third-order valence-electron chi connectivity index (χ3n) is 5.80. The predicted molar refractivity (Wildman–Crippen MR) is 130 cm³/mol. The van der Waals surface area contributed by atoms with Gasteiger partial charge in [-0.25, -0.2) is 0 Å². The molecule has 0 N–H and O–H groups in total. The van der Waals surface area contributed by atoms with Crippen LogP contribution in [0.2, 0.25) is 0 Å². The van der Waals surface area contributed by atoms with Crippen LogP contribution in [-0.2, 0) is 19.1 Å². The summed E-state index contributed by atoms with van der Waals surface area (Å²) in [7, 11) is 0. The summed E-state index contributed by atoms with van der Waals surface area (Å²) in [5.74, 6) is -0.219. The van der Waals surface area contributed by atoms with E-state index in [9.17, 15) is 9.59 Å². The van der Waals surface area contributed by atoms with Gasteiger partial charge in [0.25, 0.3) is 0 Å². The van der Waals surface area contributed by atoms with E-state index in [4.69, 9.17) is 9.47 Å². The average Bonchev–Trinajstić information content (AvgIpc) is 2.73. The Bertz CT molecular complexity index is 408. The molecule has 0 aromatic rings. The molecule has 184 valence electrons. The van der Waals surface area contributed by atoms with E-state index >= 15 is 0 Å². The van der Waals surface area contributed by atoms with Crippen LogP contribution in [0.5, 0.6) is 0 Å². The van der Waals surface area contributed by atoms with Crippen molar-refractivity contribution in [2.45, 2.75) is 155 Å². The number of hydrogen-bond donors (Lipinski definition) is 0. The van der Waals surface area contributed by atoms with Crippen molar-refractivity contribution in [3.8, 4) is 0 Å². The van der Waals surface area contributed by atoms with Crippen LogP contribution in [-0.4, -0.2) is 24.6 Å².